The maximum Gasteiger partial charge on any atom is 0.274 e. The van der Waals surface area contributed by atoms with E-state index in [0.717, 1.165) is 0 Å². The van der Waals surface area contributed by atoms with E-state index in [1.807, 2.05) is 0 Å². The van der Waals surface area contributed by atoms with Crippen LogP contribution in [-0.2, 0) is 14.1 Å². The highest BCUT2D eigenvalue weighted by atomic mass is 16.3. The fourth-order valence-corrected chi connectivity index (χ4v) is 1.50. The Bertz CT molecular complexity index is 522. The molecule has 1 heterocycles. The summed E-state index contributed by atoms with van der Waals surface area (Å²) >= 11 is 0. The minimum atomic E-state index is -0.0894. The van der Waals surface area contributed by atoms with Crippen molar-refractivity contribution in [3.8, 4) is 5.75 Å². The van der Waals surface area contributed by atoms with Gasteiger partial charge < -0.3 is 5.11 Å². The van der Waals surface area contributed by atoms with E-state index in [9.17, 15) is 9.90 Å². The number of para-hydroxylation sites is 1. The molecule has 0 spiro atoms. The van der Waals surface area contributed by atoms with Crippen LogP contribution in [0.5, 0.6) is 5.75 Å². The fraction of sp³-hybridized carbons (Fsp3) is 0.222. The Morgan fingerprint density at radius 1 is 1.23 bits per heavy atom. The normalized spacial score (nSPS) is 10.9. The predicted octanol–water partition coefficient (Wildman–Crippen LogP) is 0.583. The van der Waals surface area contributed by atoms with E-state index in [0.29, 0.717) is 10.9 Å². The van der Waals surface area contributed by atoms with E-state index < -0.39 is 0 Å². The van der Waals surface area contributed by atoms with Crippen LogP contribution < -0.4 is 5.56 Å². The molecule has 2 rings (SSSR count). The quantitative estimate of drug-likeness (QED) is 0.641. The predicted molar refractivity (Wildman–Crippen MR) is 49.8 cm³/mol. The average Bonchev–Trinajstić information content (AvgIpc) is 2.33. The van der Waals surface area contributed by atoms with Crippen molar-refractivity contribution >= 4 is 10.9 Å². The number of hydrogen-bond acceptors (Lipinski definition) is 2. The van der Waals surface area contributed by atoms with E-state index in [4.69, 9.17) is 0 Å². The molecule has 0 radical (unpaired) electrons. The van der Waals surface area contributed by atoms with Crippen molar-refractivity contribution in [2.75, 3.05) is 0 Å². The van der Waals surface area contributed by atoms with E-state index in [2.05, 4.69) is 0 Å². The Kier molecular flexibility index (Phi) is 1.45. The van der Waals surface area contributed by atoms with Gasteiger partial charge in [0, 0.05) is 14.1 Å². The lowest BCUT2D eigenvalue weighted by molar-refractivity contribution is 0.474. The summed E-state index contributed by atoms with van der Waals surface area (Å²) in [6, 6.07) is 4.94. The van der Waals surface area contributed by atoms with E-state index >= 15 is 0 Å². The number of hydrogen-bond donors (Lipinski definition) is 1. The van der Waals surface area contributed by atoms with Crippen LogP contribution >= 0.6 is 0 Å². The van der Waals surface area contributed by atoms with Crippen molar-refractivity contribution in [1.29, 1.82) is 0 Å². The third-order valence-corrected chi connectivity index (χ3v) is 2.31. The largest absolute Gasteiger partial charge is 0.506 e. The Labute approximate surface area is 74.6 Å². The molecule has 0 bridgehead atoms. The molecule has 4 heteroatoms. The molecule has 1 N–H and O–H groups in total. The zero-order valence-corrected chi connectivity index (χ0v) is 7.48. The molecule has 0 amide bonds. The van der Waals surface area contributed by atoms with Crippen molar-refractivity contribution in [1.82, 2.24) is 9.36 Å². The summed E-state index contributed by atoms with van der Waals surface area (Å²) in [5, 5.41) is 10.1. The number of aromatic nitrogens is 2. The third kappa shape index (κ3) is 0.884. The van der Waals surface area contributed by atoms with Gasteiger partial charge in [-0.15, -0.1) is 0 Å². The lowest BCUT2D eigenvalue weighted by atomic mass is 10.2. The summed E-state index contributed by atoms with van der Waals surface area (Å²) < 4.78 is 3.09. The maximum absolute atomic E-state index is 11.5. The Hall–Kier alpha value is -1.71. The number of aromatic hydroxyl groups is 1. The molecule has 68 valence electrons. The molecule has 0 aliphatic heterocycles. The maximum atomic E-state index is 11.5. The minimum Gasteiger partial charge on any atom is -0.506 e. The average molecular weight is 178 g/mol. The minimum absolute atomic E-state index is 0.0894. The first kappa shape index (κ1) is 7.91. The van der Waals surface area contributed by atoms with Crippen LogP contribution in [0.3, 0.4) is 0 Å². The first-order valence-electron chi connectivity index (χ1n) is 3.96. The molecule has 0 atom stereocenters. The molecule has 0 saturated carbocycles. The Morgan fingerprint density at radius 3 is 2.54 bits per heavy atom. The van der Waals surface area contributed by atoms with Crippen LogP contribution in [-0.4, -0.2) is 14.5 Å². The van der Waals surface area contributed by atoms with Crippen LogP contribution in [0.2, 0.25) is 0 Å². The van der Waals surface area contributed by atoms with Crippen molar-refractivity contribution in [3.63, 3.8) is 0 Å². The van der Waals surface area contributed by atoms with Gasteiger partial charge >= 0.3 is 0 Å². The topological polar surface area (TPSA) is 47.2 Å². The summed E-state index contributed by atoms with van der Waals surface area (Å²) in [7, 11) is 3.41. The molecular weight excluding hydrogens is 168 g/mol. The van der Waals surface area contributed by atoms with Crippen LogP contribution in [0.15, 0.2) is 23.0 Å². The molecular formula is C9H10N2O2. The van der Waals surface area contributed by atoms with Crippen LogP contribution in [0.25, 0.3) is 10.9 Å². The second-order valence-electron chi connectivity index (χ2n) is 3.03. The third-order valence-electron chi connectivity index (χ3n) is 2.31. The second-order valence-corrected chi connectivity index (χ2v) is 3.03. The molecule has 0 aliphatic carbocycles. The lowest BCUT2D eigenvalue weighted by Gasteiger charge is -2.00. The first-order chi connectivity index (χ1) is 6.13. The number of phenols is 1. The number of rotatable bonds is 0. The smallest absolute Gasteiger partial charge is 0.274 e. The number of phenolic OH excluding ortho intramolecular Hbond substituents is 1. The van der Waals surface area contributed by atoms with Crippen LogP contribution in [0.4, 0.5) is 0 Å². The van der Waals surface area contributed by atoms with Gasteiger partial charge in [-0.3, -0.25) is 14.2 Å². The summed E-state index contributed by atoms with van der Waals surface area (Å²) in [6.45, 7) is 0. The highest BCUT2D eigenvalue weighted by molar-refractivity contribution is 5.84. The van der Waals surface area contributed by atoms with Gasteiger partial charge in [0.25, 0.3) is 5.56 Å². The lowest BCUT2D eigenvalue weighted by Crippen LogP contribution is -2.16. The zero-order valence-electron chi connectivity index (χ0n) is 7.48. The fourth-order valence-electron chi connectivity index (χ4n) is 1.50. The summed E-state index contributed by atoms with van der Waals surface area (Å²) in [4.78, 5) is 11.5. The van der Waals surface area contributed by atoms with Gasteiger partial charge in [-0.1, -0.05) is 6.07 Å². The van der Waals surface area contributed by atoms with Crippen LogP contribution in [0.1, 0.15) is 0 Å². The highest BCUT2D eigenvalue weighted by Crippen LogP contribution is 2.20. The number of nitrogens with zero attached hydrogens (tertiary/aromatic N) is 2. The van der Waals surface area contributed by atoms with Gasteiger partial charge in [0.2, 0.25) is 0 Å². The zero-order chi connectivity index (χ0) is 9.59. The van der Waals surface area contributed by atoms with Crippen LogP contribution in [0, 0.1) is 0 Å². The molecule has 0 aliphatic rings. The van der Waals surface area contributed by atoms with Crippen molar-refractivity contribution in [3.05, 3.63) is 28.6 Å². The summed E-state index contributed by atoms with van der Waals surface area (Å²) in [6.07, 6.45) is 0. The molecule has 2 aromatic rings. The highest BCUT2D eigenvalue weighted by Gasteiger charge is 2.09. The van der Waals surface area contributed by atoms with Gasteiger partial charge in [0.15, 0.2) is 0 Å². The van der Waals surface area contributed by atoms with Gasteiger partial charge in [0.1, 0.15) is 11.3 Å². The molecule has 0 unspecified atom stereocenters. The Morgan fingerprint density at radius 2 is 1.92 bits per heavy atom. The van der Waals surface area contributed by atoms with Crippen molar-refractivity contribution < 1.29 is 5.11 Å². The van der Waals surface area contributed by atoms with Crippen molar-refractivity contribution in [2.24, 2.45) is 14.1 Å². The Balaban J connectivity index is 3.12. The molecule has 4 nitrogen and oxygen atoms in total. The summed E-state index contributed by atoms with van der Waals surface area (Å²) in [5.41, 5.74) is 0.489. The van der Waals surface area contributed by atoms with Crippen molar-refractivity contribution in [2.45, 2.75) is 0 Å². The summed E-state index contributed by atoms with van der Waals surface area (Å²) in [5.74, 6) is 0.137. The molecule has 13 heavy (non-hydrogen) atoms. The molecule has 1 aromatic carbocycles. The van der Waals surface area contributed by atoms with Gasteiger partial charge in [-0.05, 0) is 12.1 Å². The first-order valence-corrected chi connectivity index (χ1v) is 3.96. The van der Waals surface area contributed by atoms with Gasteiger partial charge in [-0.2, -0.15) is 0 Å². The molecule has 1 aromatic heterocycles. The van der Waals surface area contributed by atoms with E-state index in [1.165, 1.54) is 4.68 Å². The van der Waals surface area contributed by atoms with Gasteiger partial charge in [-0.25, -0.2) is 0 Å². The SMILES string of the molecule is Cn1c(=O)c2cccc(O)c2n1C. The number of aryl methyl sites for hydroxylation is 1. The van der Waals surface area contributed by atoms with E-state index in [1.54, 1.807) is 37.0 Å². The number of benzene rings is 1. The molecule has 0 saturated heterocycles. The second kappa shape index (κ2) is 2.39. The van der Waals surface area contributed by atoms with Gasteiger partial charge in [0.05, 0.1) is 5.39 Å². The standard InChI is InChI=1S/C9H10N2O2/c1-10-8-6(9(13)11(10)2)4-3-5-7(8)12/h3-5,12H,1-2H3. The van der Waals surface area contributed by atoms with E-state index in [-0.39, 0.29) is 11.3 Å². The molecule has 0 fully saturated rings. The number of fused-ring (bicyclic) bond motifs is 1. The monoisotopic (exact) mass is 178 g/mol.